The van der Waals surface area contributed by atoms with Gasteiger partial charge in [-0.15, -0.1) is 11.8 Å². The van der Waals surface area contributed by atoms with Gasteiger partial charge in [0, 0.05) is 21.4 Å². The number of nitrogens with one attached hydrogen (secondary N) is 1. The first-order valence-corrected chi connectivity index (χ1v) is 6.93. The van der Waals surface area contributed by atoms with E-state index in [1.54, 1.807) is 0 Å². The van der Waals surface area contributed by atoms with Crippen molar-refractivity contribution in [3.63, 3.8) is 0 Å². The molecule has 1 heterocycles. The summed E-state index contributed by atoms with van der Waals surface area (Å²) < 4.78 is 0. The number of hydrogen-bond acceptors (Lipinski definition) is 2. The summed E-state index contributed by atoms with van der Waals surface area (Å²) in [4.78, 5) is 1.38. The molecule has 0 bridgehead atoms. The van der Waals surface area contributed by atoms with Gasteiger partial charge in [-0.25, -0.2) is 0 Å². The predicted molar refractivity (Wildman–Crippen MR) is 75.0 cm³/mol. The van der Waals surface area contributed by atoms with E-state index in [1.165, 1.54) is 10.5 Å². The van der Waals surface area contributed by atoms with E-state index in [2.05, 4.69) is 35.6 Å². The molecule has 0 saturated carbocycles. The van der Waals surface area contributed by atoms with Crippen LogP contribution in [0.1, 0.15) is 11.6 Å². The number of benzene rings is 2. The van der Waals surface area contributed by atoms with Gasteiger partial charge in [0.1, 0.15) is 0 Å². The minimum absolute atomic E-state index is 0.384. The first-order chi connectivity index (χ1) is 8.33. The van der Waals surface area contributed by atoms with Gasteiger partial charge in [0.05, 0.1) is 6.04 Å². The Bertz CT molecular complexity index is 541. The van der Waals surface area contributed by atoms with E-state index < -0.39 is 0 Å². The van der Waals surface area contributed by atoms with Crippen LogP contribution in [-0.4, -0.2) is 5.75 Å². The van der Waals surface area contributed by atoms with Gasteiger partial charge in [0.2, 0.25) is 0 Å². The van der Waals surface area contributed by atoms with E-state index in [9.17, 15) is 0 Å². The lowest BCUT2D eigenvalue weighted by Gasteiger charge is -2.14. The third kappa shape index (κ3) is 2.28. The molecule has 0 aliphatic carbocycles. The van der Waals surface area contributed by atoms with Gasteiger partial charge < -0.3 is 5.32 Å². The monoisotopic (exact) mass is 261 g/mol. The van der Waals surface area contributed by atoms with Crippen molar-refractivity contribution in [1.82, 2.24) is 0 Å². The molecular formula is C14H12ClNS. The van der Waals surface area contributed by atoms with Gasteiger partial charge in [0.15, 0.2) is 0 Å². The molecule has 3 heteroatoms. The summed E-state index contributed by atoms with van der Waals surface area (Å²) in [5.41, 5.74) is 2.47. The van der Waals surface area contributed by atoms with Crippen molar-refractivity contribution in [3.05, 3.63) is 59.1 Å². The van der Waals surface area contributed by atoms with Crippen molar-refractivity contribution in [3.8, 4) is 0 Å². The van der Waals surface area contributed by atoms with Gasteiger partial charge in [-0.2, -0.15) is 0 Å². The van der Waals surface area contributed by atoms with Gasteiger partial charge in [-0.1, -0.05) is 35.9 Å². The second-order valence-corrected chi connectivity index (χ2v) is 5.55. The van der Waals surface area contributed by atoms with Crippen molar-refractivity contribution >= 4 is 29.1 Å². The highest BCUT2D eigenvalue weighted by Gasteiger charge is 2.22. The minimum atomic E-state index is 0.384. The molecule has 1 atom stereocenters. The molecule has 0 amide bonds. The molecule has 2 aromatic rings. The van der Waals surface area contributed by atoms with Crippen LogP contribution in [-0.2, 0) is 0 Å². The number of thioether (sulfide) groups is 1. The van der Waals surface area contributed by atoms with Crippen molar-refractivity contribution in [2.45, 2.75) is 10.9 Å². The Balaban J connectivity index is 1.84. The first-order valence-electron chi connectivity index (χ1n) is 5.57. The zero-order valence-corrected chi connectivity index (χ0v) is 10.8. The molecule has 0 aromatic heterocycles. The smallest absolute Gasteiger partial charge is 0.0618 e. The summed E-state index contributed by atoms with van der Waals surface area (Å²) in [5, 5.41) is 4.30. The Hall–Kier alpha value is -1.12. The maximum Gasteiger partial charge on any atom is 0.0618 e. The van der Waals surface area contributed by atoms with E-state index in [0.717, 1.165) is 16.5 Å². The van der Waals surface area contributed by atoms with Gasteiger partial charge >= 0.3 is 0 Å². The number of halogens is 1. The molecule has 0 spiro atoms. The molecule has 1 aliphatic rings. The fourth-order valence-corrected chi connectivity index (χ4v) is 3.41. The van der Waals surface area contributed by atoms with E-state index in [4.69, 9.17) is 11.6 Å². The van der Waals surface area contributed by atoms with E-state index >= 15 is 0 Å². The summed E-state index contributed by atoms with van der Waals surface area (Å²) in [6, 6.07) is 16.8. The lowest BCUT2D eigenvalue weighted by molar-refractivity contribution is 0.900. The molecule has 86 valence electrons. The summed E-state index contributed by atoms with van der Waals surface area (Å²) in [7, 11) is 0. The van der Waals surface area contributed by atoms with Crippen molar-refractivity contribution in [2.75, 3.05) is 11.1 Å². The Morgan fingerprint density at radius 2 is 2.00 bits per heavy atom. The topological polar surface area (TPSA) is 12.0 Å². The lowest BCUT2D eigenvalue weighted by Crippen LogP contribution is -2.09. The maximum absolute atomic E-state index is 5.99. The number of fused-ring (bicyclic) bond motifs is 1. The number of anilines is 1. The Kier molecular flexibility index (Phi) is 3.00. The number of rotatable bonds is 2. The van der Waals surface area contributed by atoms with Crippen LogP contribution in [0.15, 0.2) is 53.4 Å². The second kappa shape index (κ2) is 4.63. The largest absolute Gasteiger partial charge is 0.377 e. The lowest BCUT2D eigenvalue weighted by atomic mass is 10.1. The molecule has 0 radical (unpaired) electrons. The SMILES string of the molecule is Clc1cccc(NC2CSc3ccccc32)c1. The quantitative estimate of drug-likeness (QED) is 0.848. The van der Waals surface area contributed by atoms with Crippen molar-refractivity contribution in [2.24, 2.45) is 0 Å². The molecule has 0 saturated heterocycles. The summed E-state index contributed by atoms with van der Waals surface area (Å²) in [6.45, 7) is 0. The van der Waals surface area contributed by atoms with E-state index in [0.29, 0.717) is 6.04 Å². The zero-order chi connectivity index (χ0) is 11.7. The first kappa shape index (κ1) is 11.0. The third-order valence-electron chi connectivity index (χ3n) is 2.87. The molecule has 1 aliphatic heterocycles. The molecule has 17 heavy (non-hydrogen) atoms. The van der Waals surface area contributed by atoms with E-state index in [1.807, 2.05) is 30.0 Å². The van der Waals surface area contributed by atoms with Crippen molar-refractivity contribution < 1.29 is 0 Å². The van der Waals surface area contributed by atoms with Crippen LogP contribution in [0.25, 0.3) is 0 Å². The third-order valence-corrected chi connectivity index (χ3v) is 4.28. The van der Waals surface area contributed by atoms with Crippen LogP contribution in [0.5, 0.6) is 0 Å². The zero-order valence-electron chi connectivity index (χ0n) is 9.19. The average molecular weight is 262 g/mol. The molecule has 1 nitrogen and oxygen atoms in total. The molecule has 1 N–H and O–H groups in total. The normalized spacial score (nSPS) is 17.8. The van der Waals surface area contributed by atoms with Gasteiger partial charge in [-0.3, -0.25) is 0 Å². The van der Waals surface area contributed by atoms with Crippen LogP contribution >= 0.6 is 23.4 Å². The molecule has 1 unspecified atom stereocenters. The highest BCUT2D eigenvalue weighted by atomic mass is 35.5. The van der Waals surface area contributed by atoms with Crippen LogP contribution < -0.4 is 5.32 Å². The molecule has 2 aromatic carbocycles. The molecular weight excluding hydrogens is 250 g/mol. The second-order valence-electron chi connectivity index (χ2n) is 4.06. The van der Waals surface area contributed by atoms with Crippen molar-refractivity contribution in [1.29, 1.82) is 0 Å². The summed E-state index contributed by atoms with van der Waals surface area (Å²) in [6.07, 6.45) is 0. The van der Waals surface area contributed by atoms with Crippen LogP contribution in [0.4, 0.5) is 5.69 Å². The summed E-state index contributed by atoms with van der Waals surface area (Å²) >= 11 is 7.89. The fourth-order valence-electron chi connectivity index (χ4n) is 2.06. The average Bonchev–Trinajstić information content (AvgIpc) is 2.73. The van der Waals surface area contributed by atoms with Gasteiger partial charge in [-0.05, 0) is 29.8 Å². The van der Waals surface area contributed by atoms with Crippen LogP contribution in [0, 0.1) is 0 Å². The number of hydrogen-bond donors (Lipinski definition) is 1. The molecule has 0 fully saturated rings. The minimum Gasteiger partial charge on any atom is -0.377 e. The van der Waals surface area contributed by atoms with Crippen LogP contribution in [0.3, 0.4) is 0 Å². The highest BCUT2D eigenvalue weighted by Crippen LogP contribution is 2.39. The fraction of sp³-hybridized carbons (Fsp3) is 0.143. The Labute approximate surface area is 110 Å². The maximum atomic E-state index is 5.99. The predicted octanol–water partition coefficient (Wildman–Crippen LogP) is 4.60. The standard InChI is InChI=1S/C14H12ClNS/c15-10-4-3-5-11(8-10)16-13-9-17-14-7-2-1-6-12(13)14/h1-8,13,16H,9H2. The summed E-state index contributed by atoms with van der Waals surface area (Å²) in [5.74, 6) is 1.08. The highest BCUT2D eigenvalue weighted by molar-refractivity contribution is 7.99. The van der Waals surface area contributed by atoms with Gasteiger partial charge in [0.25, 0.3) is 0 Å². The molecule has 3 rings (SSSR count). The van der Waals surface area contributed by atoms with E-state index in [-0.39, 0.29) is 0 Å². The Morgan fingerprint density at radius 3 is 2.88 bits per heavy atom. The Morgan fingerprint density at radius 1 is 1.12 bits per heavy atom. The van der Waals surface area contributed by atoms with Crippen LogP contribution in [0.2, 0.25) is 5.02 Å².